The molecule has 25 heavy (non-hydrogen) atoms. The van der Waals surface area contributed by atoms with Crippen molar-refractivity contribution in [3.05, 3.63) is 96.4 Å². The molecule has 1 N–H and O–H groups in total. The summed E-state index contributed by atoms with van der Waals surface area (Å²) < 4.78 is 0. The number of pyridine rings is 1. The summed E-state index contributed by atoms with van der Waals surface area (Å²) >= 11 is 0. The van der Waals surface area contributed by atoms with E-state index in [2.05, 4.69) is 25.5 Å². The Morgan fingerprint density at radius 3 is 2.32 bits per heavy atom. The second kappa shape index (κ2) is 6.88. The molecule has 0 spiro atoms. The summed E-state index contributed by atoms with van der Waals surface area (Å²) in [6, 6.07) is 23.4. The van der Waals surface area contributed by atoms with Gasteiger partial charge in [0.15, 0.2) is 5.82 Å². The number of para-hydroxylation sites is 2. The Hall–Kier alpha value is -3.60. The molecular formula is C20H15N5. The quantitative estimate of drug-likeness (QED) is 0.457. The van der Waals surface area contributed by atoms with E-state index in [9.17, 15) is 0 Å². The maximum absolute atomic E-state index is 4.54. The molecule has 0 amide bonds. The predicted molar refractivity (Wildman–Crippen MR) is 99.5 cm³/mol. The Labute approximate surface area is 145 Å². The highest BCUT2D eigenvalue weighted by Crippen LogP contribution is 2.13. The molecule has 0 unspecified atom stereocenters. The fraction of sp³-hybridized carbons (Fsp3) is 0. The third-order valence-corrected chi connectivity index (χ3v) is 3.69. The first kappa shape index (κ1) is 15.0. The van der Waals surface area contributed by atoms with Gasteiger partial charge in [-0.2, -0.15) is 5.10 Å². The first-order valence-electron chi connectivity index (χ1n) is 7.92. The third kappa shape index (κ3) is 3.35. The molecule has 120 valence electrons. The second-order valence-corrected chi connectivity index (χ2v) is 5.40. The van der Waals surface area contributed by atoms with Gasteiger partial charge in [-0.1, -0.05) is 48.5 Å². The minimum atomic E-state index is 0.586. The number of benzene rings is 2. The summed E-state index contributed by atoms with van der Waals surface area (Å²) in [5, 5.41) is 4.54. The van der Waals surface area contributed by atoms with Gasteiger partial charge < -0.3 is 0 Å². The second-order valence-electron chi connectivity index (χ2n) is 5.40. The molecule has 0 fully saturated rings. The molecule has 0 saturated heterocycles. The Morgan fingerprint density at radius 1 is 0.760 bits per heavy atom. The Morgan fingerprint density at radius 2 is 1.52 bits per heavy atom. The van der Waals surface area contributed by atoms with Gasteiger partial charge in [0.25, 0.3) is 0 Å². The zero-order chi connectivity index (χ0) is 16.9. The molecular weight excluding hydrogens is 310 g/mol. The molecule has 0 saturated carbocycles. The molecule has 4 rings (SSSR count). The zero-order valence-electron chi connectivity index (χ0n) is 13.4. The molecule has 2 heterocycles. The molecule has 0 aliphatic rings. The fourth-order valence-electron chi connectivity index (χ4n) is 2.49. The van der Waals surface area contributed by atoms with Crippen LogP contribution < -0.4 is 5.43 Å². The SMILES string of the molecule is c1ccc(/C(=N/Nc2cnc3ccccc3n2)c2ccccn2)cc1. The van der Waals surface area contributed by atoms with Crippen molar-refractivity contribution in [3.63, 3.8) is 0 Å². The highest BCUT2D eigenvalue weighted by Gasteiger charge is 2.08. The molecule has 2 aromatic heterocycles. The first-order valence-corrected chi connectivity index (χ1v) is 7.92. The topological polar surface area (TPSA) is 63.1 Å². The zero-order valence-corrected chi connectivity index (χ0v) is 13.4. The van der Waals surface area contributed by atoms with Crippen molar-refractivity contribution in [2.75, 3.05) is 5.43 Å². The number of nitrogens with zero attached hydrogens (tertiary/aromatic N) is 4. The lowest BCUT2D eigenvalue weighted by atomic mass is 10.1. The van der Waals surface area contributed by atoms with Gasteiger partial charge in [0, 0.05) is 11.8 Å². The lowest BCUT2D eigenvalue weighted by molar-refractivity contribution is 1.20. The molecule has 0 radical (unpaired) electrons. The van der Waals surface area contributed by atoms with E-state index in [0.29, 0.717) is 5.82 Å². The monoisotopic (exact) mass is 325 g/mol. The number of rotatable bonds is 4. The number of hydrazone groups is 1. The van der Waals surface area contributed by atoms with Gasteiger partial charge in [-0.15, -0.1) is 0 Å². The van der Waals surface area contributed by atoms with Crippen molar-refractivity contribution in [2.24, 2.45) is 5.10 Å². The van der Waals surface area contributed by atoms with Gasteiger partial charge in [-0.25, -0.2) is 4.98 Å². The van der Waals surface area contributed by atoms with Gasteiger partial charge in [-0.3, -0.25) is 15.4 Å². The Bertz CT molecular complexity index is 972. The van der Waals surface area contributed by atoms with E-state index in [0.717, 1.165) is 28.0 Å². The molecule has 0 aliphatic heterocycles. The average Bonchev–Trinajstić information content (AvgIpc) is 2.70. The van der Waals surface area contributed by atoms with Crippen molar-refractivity contribution in [1.82, 2.24) is 15.0 Å². The summed E-state index contributed by atoms with van der Waals surface area (Å²) in [6.45, 7) is 0. The molecule has 4 aromatic rings. The van der Waals surface area contributed by atoms with Gasteiger partial charge in [0.2, 0.25) is 0 Å². The van der Waals surface area contributed by atoms with Crippen molar-refractivity contribution < 1.29 is 0 Å². The van der Waals surface area contributed by atoms with Crippen LogP contribution in [0.25, 0.3) is 11.0 Å². The van der Waals surface area contributed by atoms with Crippen LogP contribution in [0.3, 0.4) is 0 Å². The lowest BCUT2D eigenvalue weighted by Crippen LogP contribution is -2.09. The number of hydrogen-bond donors (Lipinski definition) is 1. The standard InChI is InChI=1S/C20H15N5/c1-2-8-15(9-3-1)20(18-12-6-7-13-21-18)25-24-19-14-22-16-10-4-5-11-17(16)23-19/h1-14H,(H,23,24)/b25-20-. The third-order valence-electron chi connectivity index (χ3n) is 3.69. The van der Waals surface area contributed by atoms with Crippen LogP contribution in [0.5, 0.6) is 0 Å². The summed E-state index contributed by atoms with van der Waals surface area (Å²) in [5.41, 5.74) is 7.19. The summed E-state index contributed by atoms with van der Waals surface area (Å²) in [6.07, 6.45) is 3.43. The van der Waals surface area contributed by atoms with E-state index in [4.69, 9.17) is 0 Å². The van der Waals surface area contributed by atoms with Crippen LogP contribution in [-0.4, -0.2) is 20.7 Å². The molecule has 0 atom stereocenters. The Kier molecular flexibility index (Phi) is 4.12. The molecule has 5 nitrogen and oxygen atoms in total. The molecule has 0 aliphatic carbocycles. The maximum Gasteiger partial charge on any atom is 0.165 e. The number of aromatic nitrogens is 3. The number of nitrogens with one attached hydrogen (secondary N) is 1. The molecule has 0 bridgehead atoms. The van der Waals surface area contributed by atoms with E-state index < -0.39 is 0 Å². The van der Waals surface area contributed by atoms with Crippen molar-refractivity contribution in [1.29, 1.82) is 0 Å². The largest absolute Gasteiger partial charge is 0.259 e. The number of fused-ring (bicyclic) bond motifs is 1. The number of anilines is 1. The van der Waals surface area contributed by atoms with Gasteiger partial charge in [-0.05, 0) is 24.3 Å². The van der Waals surface area contributed by atoms with Crippen LogP contribution in [0.15, 0.2) is 90.3 Å². The molecule has 2 aromatic carbocycles. The number of hydrogen-bond acceptors (Lipinski definition) is 5. The van der Waals surface area contributed by atoms with E-state index in [1.54, 1.807) is 12.4 Å². The van der Waals surface area contributed by atoms with E-state index in [-0.39, 0.29) is 0 Å². The predicted octanol–water partition coefficient (Wildman–Crippen LogP) is 3.89. The van der Waals surface area contributed by atoms with E-state index in [1.165, 1.54) is 0 Å². The van der Waals surface area contributed by atoms with Crippen LogP contribution in [-0.2, 0) is 0 Å². The minimum Gasteiger partial charge on any atom is -0.259 e. The maximum atomic E-state index is 4.54. The van der Waals surface area contributed by atoms with Gasteiger partial charge >= 0.3 is 0 Å². The summed E-state index contributed by atoms with van der Waals surface area (Å²) in [5.74, 6) is 0.586. The normalized spacial score (nSPS) is 11.4. The smallest absolute Gasteiger partial charge is 0.165 e. The first-order chi connectivity index (χ1) is 12.4. The summed E-state index contributed by atoms with van der Waals surface area (Å²) in [7, 11) is 0. The van der Waals surface area contributed by atoms with Gasteiger partial charge in [0.1, 0.15) is 5.71 Å². The van der Waals surface area contributed by atoms with Crippen LogP contribution >= 0.6 is 0 Å². The van der Waals surface area contributed by atoms with Crippen LogP contribution in [0.2, 0.25) is 0 Å². The van der Waals surface area contributed by atoms with Crippen LogP contribution in [0.4, 0.5) is 5.82 Å². The van der Waals surface area contributed by atoms with E-state index in [1.807, 2.05) is 72.8 Å². The lowest BCUT2D eigenvalue weighted by Gasteiger charge is -2.07. The minimum absolute atomic E-state index is 0.586. The van der Waals surface area contributed by atoms with Crippen LogP contribution in [0, 0.1) is 0 Å². The summed E-state index contributed by atoms with van der Waals surface area (Å²) in [4.78, 5) is 13.3. The average molecular weight is 325 g/mol. The van der Waals surface area contributed by atoms with E-state index >= 15 is 0 Å². The van der Waals surface area contributed by atoms with Crippen molar-refractivity contribution >= 4 is 22.6 Å². The van der Waals surface area contributed by atoms with Crippen molar-refractivity contribution in [3.8, 4) is 0 Å². The molecule has 5 heteroatoms. The van der Waals surface area contributed by atoms with Crippen molar-refractivity contribution in [2.45, 2.75) is 0 Å². The van der Waals surface area contributed by atoms with Gasteiger partial charge in [0.05, 0.1) is 22.9 Å². The highest BCUT2D eigenvalue weighted by atomic mass is 15.3. The highest BCUT2D eigenvalue weighted by molar-refractivity contribution is 6.11. The van der Waals surface area contributed by atoms with Crippen LogP contribution in [0.1, 0.15) is 11.3 Å². The Balaban J connectivity index is 1.71. The fourth-order valence-corrected chi connectivity index (χ4v) is 2.49.